The SMILES string of the molecule is O=C1CCC2[C@@H]3Cc4ccc(OCc5ccccc5)c5c4[C@]2(CCN3CC2CC2)[C@@H]1O5. The number of carbonyl (C=O) groups excluding carboxylic acids is 1. The summed E-state index contributed by atoms with van der Waals surface area (Å²) in [5.74, 6) is 3.40. The number of likely N-dealkylation sites (tertiary alicyclic amines) is 1. The van der Waals surface area contributed by atoms with Gasteiger partial charge >= 0.3 is 0 Å². The van der Waals surface area contributed by atoms with Crippen molar-refractivity contribution in [1.29, 1.82) is 0 Å². The summed E-state index contributed by atoms with van der Waals surface area (Å²) in [6.07, 6.45) is 6.28. The van der Waals surface area contributed by atoms with E-state index in [0.717, 1.165) is 48.8 Å². The van der Waals surface area contributed by atoms with Crippen molar-refractivity contribution in [3.05, 3.63) is 59.2 Å². The highest BCUT2D eigenvalue weighted by Crippen LogP contribution is 2.63. The molecular formula is C27H29NO3. The van der Waals surface area contributed by atoms with Gasteiger partial charge in [-0.25, -0.2) is 0 Å². The van der Waals surface area contributed by atoms with Gasteiger partial charge in [0.2, 0.25) is 0 Å². The van der Waals surface area contributed by atoms with Crippen molar-refractivity contribution in [2.75, 3.05) is 13.1 Å². The Morgan fingerprint density at radius 1 is 1.10 bits per heavy atom. The third kappa shape index (κ3) is 2.60. The first kappa shape index (κ1) is 18.3. The normalized spacial score (nSPS) is 33.0. The van der Waals surface area contributed by atoms with Gasteiger partial charge in [0.25, 0.3) is 0 Å². The number of Topliss-reactive ketones (excluding diaryl/α,β-unsaturated/α-hetero) is 1. The Bertz CT molecular complexity index is 1050. The third-order valence-corrected chi connectivity index (χ3v) is 8.63. The summed E-state index contributed by atoms with van der Waals surface area (Å²) in [4.78, 5) is 15.9. The Hall–Kier alpha value is -2.33. The summed E-state index contributed by atoms with van der Waals surface area (Å²) in [5.41, 5.74) is 3.72. The van der Waals surface area contributed by atoms with Crippen molar-refractivity contribution >= 4 is 5.78 Å². The topological polar surface area (TPSA) is 38.8 Å². The lowest BCUT2D eigenvalue weighted by molar-refractivity contribution is -0.138. The summed E-state index contributed by atoms with van der Waals surface area (Å²) in [5, 5.41) is 0. The molecular weight excluding hydrogens is 386 g/mol. The van der Waals surface area contributed by atoms with E-state index in [1.807, 2.05) is 18.2 Å². The lowest BCUT2D eigenvalue weighted by Gasteiger charge is -2.57. The quantitative estimate of drug-likeness (QED) is 0.731. The number of ketones is 1. The maximum absolute atomic E-state index is 13.1. The number of hydrogen-bond donors (Lipinski definition) is 0. The highest BCUT2D eigenvalue weighted by molar-refractivity contribution is 5.89. The average Bonchev–Trinajstić information content (AvgIpc) is 3.54. The molecule has 4 heteroatoms. The van der Waals surface area contributed by atoms with Crippen molar-refractivity contribution in [1.82, 2.24) is 4.90 Å². The van der Waals surface area contributed by atoms with Crippen molar-refractivity contribution in [3.8, 4) is 11.5 Å². The van der Waals surface area contributed by atoms with E-state index in [0.29, 0.717) is 30.8 Å². The molecule has 2 aromatic rings. The van der Waals surface area contributed by atoms with Crippen LogP contribution in [0.15, 0.2) is 42.5 Å². The minimum absolute atomic E-state index is 0.130. The van der Waals surface area contributed by atoms with Crippen LogP contribution in [0.4, 0.5) is 0 Å². The highest BCUT2D eigenvalue weighted by atomic mass is 16.5. The fraction of sp³-hybridized carbons (Fsp3) is 0.519. The molecule has 0 amide bonds. The van der Waals surface area contributed by atoms with Gasteiger partial charge in [0.1, 0.15) is 6.61 Å². The third-order valence-electron chi connectivity index (χ3n) is 8.63. The Balaban J connectivity index is 1.29. The predicted molar refractivity (Wildman–Crippen MR) is 117 cm³/mol. The van der Waals surface area contributed by atoms with Crippen LogP contribution in [0.1, 0.15) is 48.8 Å². The van der Waals surface area contributed by atoms with Crippen molar-refractivity contribution in [2.45, 2.75) is 62.7 Å². The molecule has 2 aromatic carbocycles. The first-order valence-electron chi connectivity index (χ1n) is 12.0. The second kappa shape index (κ2) is 6.59. The lowest BCUT2D eigenvalue weighted by Crippen LogP contribution is -2.66. The molecule has 4 nitrogen and oxygen atoms in total. The van der Waals surface area contributed by atoms with Crippen LogP contribution in [-0.2, 0) is 23.2 Å². The van der Waals surface area contributed by atoms with E-state index >= 15 is 0 Å². The van der Waals surface area contributed by atoms with Gasteiger partial charge in [-0.15, -0.1) is 0 Å². The highest BCUT2D eigenvalue weighted by Gasteiger charge is 2.66. The summed E-state index contributed by atoms with van der Waals surface area (Å²) in [7, 11) is 0. The summed E-state index contributed by atoms with van der Waals surface area (Å²) >= 11 is 0. The molecule has 1 saturated heterocycles. The maximum atomic E-state index is 13.1. The molecule has 1 spiro atoms. The molecule has 2 saturated carbocycles. The number of benzene rings is 2. The second-order valence-electron chi connectivity index (χ2n) is 10.3. The molecule has 3 aliphatic carbocycles. The first-order chi connectivity index (χ1) is 15.2. The molecule has 0 N–H and O–H groups in total. The van der Waals surface area contributed by atoms with Gasteiger partial charge in [-0.1, -0.05) is 36.4 Å². The molecule has 2 bridgehead atoms. The number of hydrogen-bond acceptors (Lipinski definition) is 4. The molecule has 2 aliphatic heterocycles. The van der Waals surface area contributed by atoms with Gasteiger partial charge in [0, 0.05) is 30.0 Å². The largest absolute Gasteiger partial charge is 0.485 e. The summed E-state index contributed by atoms with van der Waals surface area (Å²) in [6, 6.07) is 15.1. The Labute approximate surface area is 183 Å². The Morgan fingerprint density at radius 3 is 2.81 bits per heavy atom. The molecule has 31 heavy (non-hydrogen) atoms. The molecule has 2 heterocycles. The minimum atomic E-state index is -0.313. The molecule has 4 atom stereocenters. The minimum Gasteiger partial charge on any atom is -0.485 e. The smallest absolute Gasteiger partial charge is 0.174 e. The van der Waals surface area contributed by atoms with E-state index in [2.05, 4.69) is 29.2 Å². The van der Waals surface area contributed by atoms with E-state index in [1.54, 1.807) is 0 Å². The summed E-state index contributed by atoms with van der Waals surface area (Å²) in [6.45, 7) is 2.86. The Morgan fingerprint density at radius 2 is 1.97 bits per heavy atom. The van der Waals surface area contributed by atoms with Gasteiger partial charge < -0.3 is 9.47 Å². The molecule has 1 unspecified atom stereocenters. The average molecular weight is 416 g/mol. The number of ether oxygens (including phenoxy) is 2. The predicted octanol–water partition coefficient (Wildman–Crippen LogP) is 4.28. The molecule has 160 valence electrons. The van der Waals surface area contributed by atoms with Gasteiger partial charge in [-0.3, -0.25) is 9.69 Å². The van der Waals surface area contributed by atoms with E-state index in [-0.39, 0.29) is 11.5 Å². The number of rotatable bonds is 5. The molecule has 7 rings (SSSR count). The van der Waals surface area contributed by atoms with Gasteiger partial charge in [0.05, 0.1) is 0 Å². The fourth-order valence-corrected chi connectivity index (χ4v) is 7.11. The molecule has 5 aliphatic rings. The first-order valence-corrected chi connectivity index (χ1v) is 12.0. The van der Waals surface area contributed by atoms with Crippen LogP contribution >= 0.6 is 0 Å². The van der Waals surface area contributed by atoms with Gasteiger partial charge in [-0.2, -0.15) is 0 Å². The molecule has 0 radical (unpaired) electrons. The van der Waals surface area contributed by atoms with Gasteiger partial charge in [-0.05, 0) is 67.7 Å². The van der Waals surface area contributed by atoms with Crippen LogP contribution in [0.3, 0.4) is 0 Å². The van der Waals surface area contributed by atoms with E-state index < -0.39 is 0 Å². The molecule has 3 fully saturated rings. The zero-order valence-electron chi connectivity index (χ0n) is 17.9. The second-order valence-corrected chi connectivity index (χ2v) is 10.3. The van der Waals surface area contributed by atoms with Crippen molar-refractivity contribution in [2.24, 2.45) is 11.8 Å². The number of nitrogens with zero attached hydrogens (tertiary/aromatic N) is 1. The van der Waals surface area contributed by atoms with Crippen LogP contribution in [0.5, 0.6) is 11.5 Å². The van der Waals surface area contributed by atoms with Crippen LogP contribution in [0.2, 0.25) is 0 Å². The van der Waals surface area contributed by atoms with Crippen molar-refractivity contribution in [3.63, 3.8) is 0 Å². The van der Waals surface area contributed by atoms with E-state index in [4.69, 9.17) is 9.47 Å². The van der Waals surface area contributed by atoms with Crippen LogP contribution in [0.25, 0.3) is 0 Å². The van der Waals surface area contributed by atoms with E-state index in [1.165, 1.54) is 30.5 Å². The Kier molecular flexibility index (Phi) is 3.88. The van der Waals surface area contributed by atoms with Crippen LogP contribution < -0.4 is 9.47 Å². The monoisotopic (exact) mass is 415 g/mol. The summed E-state index contributed by atoms with van der Waals surface area (Å²) < 4.78 is 12.8. The van der Waals surface area contributed by atoms with Gasteiger partial charge in [0.15, 0.2) is 23.4 Å². The zero-order chi connectivity index (χ0) is 20.6. The number of piperidine rings is 1. The van der Waals surface area contributed by atoms with E-state index in [9.17, 15) is 4.79 Å². The standard InChI is InChI=1S/C27H29NO3/c29-22-10-9-20-21-14-19-8-11-23(30-16-18-4-2-1-3-5-18)25-24(19)27(20,26(22)31-25)12-13-28(21)15-17-6-7-17/h1-5,8,11,17,20-21,26H,6-7,9-10,12-16H2/t20?,21-,26+,27+/m0/s1. The fourth-order valence-electron chi connectivity index (χ4n) is 7.11. The van der Waals surface area contributed by atoms with Crippen LogP contribution in [0, 0.1) is 11.8 Å². The van der Waals surface area contributed by atoms with Crippen molar-refractivity contribution < 1.29 is 14.3 Å². The molecule has 0 aromatic heterocycles. The maximum Gasteiger partial charge on any atom is 0.174 e. The lowest BCUT2D eigenvalue weighted by atomic mass is 9.51. The zero-order valence-corrected chi connectivity index (χ0v) is 17.9. The number of carbonyl (C=O) groups is 1. The van der Waals surface area contributed by atoms with Crippen LogP contribution in [-0.4, -0.2) is 35.9 Å².